The predicted octanol–water partition coefficient (Wildman–Crippen LogP) is 5.01. The van der Waals surface area contributed by atoms with E-state index >= 15 is 0 Å². The van der Waals surface area contributed by atoms with Crippen molar-refractivity contribution in [1.82, 2.24) is 4.57 Å². The van der Waals surface area contributed by atoms with Gasteiger partial charge < -0.3 is 14.1 Å². The molecule has 4 nitrogen and oxygen atoms in total. The maximum atomic E-state index is 13.8. The average molecular weight is 412 g/mol. The monoisotopic (exact) mass is 411 g/mol. The van der Waals surface area contributed by atoms with Crippen molar-refractivity contribution in [3.63, 3.8) is 0 Å². The summed E-state index contributed by atoms with van der Waals surface area (Å²) < 4.78 is 7.49. The molecule has 0 bridgehead atoms. The van der Waals surface area contributed by atoms with E-state index in [-0.39, 0.29) is 12.4 Å². The van der Waals surface area contributed by atoms with E-state index in [0.29, 0.717) is 0 Å². The van der Waals surface area contributed by atoms with Gasteiger partial charge in [0, 0.05) is 36.5 Å². The Balaban J connectivity index is 2.16. The number of carbonyl (C=O) groups is 2. The van der Waals surface area contributed by atoms with Crippen LogP contribution in [0.2, 0.25) is 0 Å². The number of aldehydes is 1. The zero-order chi connectivity index (χ0) is 21.8. The van der Waals surface area contributed by atoms with Crippen LogP contribution in [-0.4, -0.2) is 23.9 Å². The second kappa shape index (κ2) is 8.60. The third-order valence-corrected chi connectivity index (χ3v) is 6.11. The first-order chi connectivity index (χ1) is 15.1. The van der Waals surface area contributed by atoms with Crippen molar-refractivity contribution < 1.29 is 14.3 Å². The minimum absolute atomic E-state index is 0.178. The fraction of sp³-hybridized carbons (Fsp3) is 0.185. The SMILES string of the molecule is COC(=O)[C@@](c1ccccc1)(c1cn(C)c2ccccc12)[C@@H](CC=O)c1ccccc1. The number of aromatic nitrogens is 1. The smallest absolute Gasteiger partial charge is 0.321 e. The molecule has 0 saturated carbocycles. The first-order valence-electron chi connectivity index (χ1n) is 10.3. The van der Waals surface area contributed by atoms with E-state index in [1.807, 2.05) is 103 Å². The van der Waals surface area contributed by atoms with Crippen LogP contribution in [0.15, 0.2) is 91.1 Å². The van der Waals surface area contributed by atoms with Crippen LogP contribution in [0.4, 0.5) is 0 Å². The van der Waals surface area contributed by atoms with E-state index in [2.05, 4.69) is 0 Å². The van der Waals surface area contributed by atoms with Crippen molar-refractivity contribution in [2.45, 2.75) is 17.8 Å². The lowest BCUT2D eigenvalue weighted by Crippen LogP contribution is -2.44. The molecule has 156 valence electrons. The lowest BCUT2D eigenvalue weighted by Gasteiger charge is -2.38. The highest BCUT2D eigenvalue weighted by molar-refractivity contribution is 5.97. The van der Waals surface area contributed by atoms with E-state index in [1.54, 1.807) is 0 Å². The molecule has 0 aliphatic heterocycles. The number of rotatable bonds is 7. The molecule has 0 amide bonds. The van der Waals surface area contributed by atoms with Gasteiger partial charge in [-0.1, -0.05) is 78.9 Å². The van der Waals surface area contributed by atoms with Gasteiger partial charge >= 0.3 is 5.97 Å². The molecule has 31 heavy (non-hydrogen) atoms. The number of hydrogen-bond acceptors (Lipinski definition) is 3. The highest BCUT2D eigenvalue weighted by Gasteiger charge is 2.51. The number of esters is 1. The van der Waals surface area contributed by atoms with Crippen LogP contribution in [0, 0.1) is 0 Å². The average Bonchev–Trinajstić information content (AvgIpc) is 3.17. The fourth-order valence-corrected chi connectivity index (χ4v) is 4.78. The lowest BCUT2D eigenvalue weighted by molar-refractivity contribution is -0.146. The van der Waals surface area contributed by atoms with Crippen LogP contribution < -0.4 is 0 Å². The molecule has 4 aromatic rings. The zero-order valence-corrected chi connectivity index (χ0v) is 17.7. The van der Waals surface area contributed by atoms with Gasteiger partial charge in [-0.2, -0.15) is 0 Å². The minimum Gasteiger partial charge on any atom is -0.468 e. The summed E-state index contributed by atoms with van der Waals surface area (Å²) in [5.74, 6) is -0.822. The second-order valence-corrected chi connectivity index (χ2v) is 7.70. The van der Waals surface area contributed by atoms with Crippen LogP contribution in [-0.2, 0) is 26.8 Å². The quantitative estimate of drug-likeness (QED) is 0.317. The Labute approximate surface area is 182 Å². The standard InChI is InChI=1S/C27H25NO3/c1-28-19-24(22-15-9-10-16-25(22)28)27(26(30)31-2,21-13-7-4-8-14-21)23(17-18-29)20-11-5-3-6-12-20/h3-16,18-19,23H,17H2,1-2H3/t23-,27+/m0/s1. The van der Waals surface area contributed by atoms with Crippen molar-refractivity contribution in [2.75, 3.05) is 7.11 Å². The number of aryl methyl sites for hydroxylation is 1. The van der Waals surface area contributed by atoms with Crippen molar-refractivity contribution in [3.05, 3.63) is 108 Å². The molecule has 4 heteroatoms. The third kappa shape index (κ3) is 3.34. The molecule has 0 fully saturated rings. The zero-order valence-electron chi connectivity index (χ0n) is 17.7. The second-order valence-electron chi connectivity index (χ2n) is 7.70. The number of para-hydroxylation sites is 1. The van der Waals surface area contributed by atoms with Crippen LogP contribution in [0.3, 0.4) is 0 Å². The Morgan fingerprint density at radius 1 is 0.968 bits per heavy atom. The van der Waals surface area contributed by atoms with Gasteiger partial charge in [-0.3, -0.25) is 4.79 Å². The van der Waals surface area contributed by atoms with Crippen LogP contribution in [0.5, 0.6) is 0 Å². The summed E-state index contributed by atoms with van der Waals surface area (Å²) in [7, 11) is 3.38. The summed E-state index contributed by atoms with van der Waals surface area (Å²) in [6.07, 6.45) is 3.07. The largest absolute Gasteiger partial charge is 0.468 e. The molecule has 0 aliphatic rings. The van der Waals surface area contributed by atoms with Gasteiger partial charge in [-0.25, -0.2) is 0 Å². The first-order valence-corrected chi connectivity index (χ1v) is 10.3. The molecule has 3 aromatic carbocycles. The van der Waals surface area contributed by atoms with Gasteiger partial charge in [0.05, 0.1) is 7.11 Å². The minimum atomic E-state index is -1.20. The molecule has 0 saturated heterocycles. The molecule has 0 radical (unpaired) electrons. The molecule has 1 heterocycles. The van der Waals surface area contributed by atoms with Crippen molar-refractivity contribution in [2.24, 2.45) is 7.05 Å². The van der Waals surface area contributed by atoms with Crippen molar-refractivity contribution >= 4 is 23.2 Å². The molecule has 4 rings (SSSR count). The van der Waals surface area contributed by atoms with Gasteiger partial charge in [-0.05, 0) is 22.8 Å². The predicted molar refractivity (Wildman–Crippen MR) is 122 cm³/mol. The topological polar surface area (TPSA) is 48.3 Å². The van der Waals surface area contributed by atoms with Crippen LogP contribution >= 0.6 is 0 Å². The maximum Gasteiger partial charge on any atom is 0.321 e. The fourth-order valence-electron chi connectivity index (χ4n) is 4.78. The van der Waals surface area contributed by atoms with Gasteiger partial charge in [0.25, 0.3) is 0 Å². The summed E-state index contributed by atoms with van der Waals surface area (Å²) in [5.41, 5.74) is 2.36. The van der Waals surface area contributed by atoms with Gasteiger partial charge in [0.15, 0.2) is 0 Å². The Kier molecular flexibility index (Phi) is 5.72. The highest BCUT2D eigenvalue weighted by Crippen LogP contribution is 2.49. The molecular weight excluding hydrogens is 386 g/mol. The molecular formula is C27H25NO3. The summed E-state index contributed by atoms with van der Waals surface area (Å²) in [6.45, 7) is 0. The number of fused-ring (bicyclic) bond motifs is 1. The van der Waals surface area contributed by atoms with E-state index < -0.39 is 11.3 Å². The third-order valence-electron chi connectivity index (χ3n) is 6.11. The normalized spacial score (nSPS) is 14.0. The van der Waals surface area contributed by atoms with E-state index in [4.69, 9.17) is 4.74 Å². The molecule has 1 aromatic heterocycles. The number of nitrogens with zero attached hydrogens (tertiary/aromatic N) is 1. The summed E-state index contributed by atoms with van der Waals surface area (Å²) >= 11 is 0. The van der Waals surface area contributed by atoms with E-state index in [1.165, 1.54) is 7.11 Å². The Bertz CT molecular complexity index is 1200. The Hall–Kier alpha value is -3.66. The molecule has 2 atom stereocenters. The highest BCUT2D eigenvalue weighted by atomic mass is 16.5. The van der Waals surface area contributed by atoms with Gasteiger partial charge in [0.1, 0.15) is 11.7 Å². The Morgan fingerprint density at radius 3 is 2.23 bits per heavy atom. The first kappa shape index (κ1) is 20.6. The number of carbonyl (C=O) groups excluding carboxylic acids is 2. The molecule has 0 N–H and O–H groups in total. The van der Waals surface area contributed by atoms with Crippen LogP contribution in [0.1, 0.15) is 29.0 Å². The summed E-state index contributed by atoms with van der Waals surface area (Å²) in [4.78, 5) is 25.8. The van der Waals surface area contributed by atoms with Gasteiger partial charge in [0.2, 0.25) is 0 Å². The summed E-state index contributed by atoms with van der Waals surface area (Å²) in [5, 5.41) is 0.964. The van der Waals surface area contributed by atoms with E-state index in [9.17, 15) is 9.59 Å². The number of benzene rings is 3. The molecule has 0 unspecified atom stereocenters. The maximum absolute atomic E-state index is 13.8. The number of hydrogen-bond donors (Lipinski definition) is 0. The Morgan fingerprint density at radius 2 is 1.58 bits per heavy atom. The van der Waals surface area contributed by atoms with E-state index in [0.717, 1.165) is 33.9 Å². The lowest BCUT2D eigenvalue weighted by atomic mass is 9.62. The van der Waals surface area contributed by atoms with Crippen molar-refractivity contribution in [1.29, 1.82) is 0 Å². The van der Waals surface area contributed by atoms with Crippen molar-refractivity contribution in [3.8, 4) is 0 Å². The van der Waals surface area contributed by atoms with Gasteiger partial charge in [-0.15, -0.1) is 0 Å². The number of methoxy groups -OCH3 is 1. The number of ether oxygens (including phenoxy) is 1. The molecule has 0 spiro atoms. The summed E-state index contributed by atoms with van der Waals surface area (Å²) in [6, 6.07) is 27.4. The molecule has 0 aliphatic carbocycles. The van der Waals surface area contributed by atoms with Crippen LogP contribution in [0.25, 0.3) is 10.9 Å².